The molecule has 5 heteroatoms. The van der Waals surface area contributed by atoms with E-state index >= 15 is 0 Å². The lowest BCUT2D eigenvalue weighted by Gasteiger charge is -2.21. The number of rotatable bonds is 3. The number of para-hydroxylation sites is 2. The average molecular weight is 250 g/mol. The van der Waals surface area contributed by atoms with Crippen molar-refractivity contribution in [2.24, 2.45) is 5.73 Å². The van der Waals surface area contributed by atoms with Crippen molar-refractivity contribution in [3.8, 4) is 5.75 Å². The van der Waals surface area contributed by atoms with Crippen molar-refractivity contribution >= 4 is 28.8 Å². The summed E-state index contributed by atoms with van der Waals surface area (Å²) >= 11 is 4.84. The maximum absolute atomic E-state index is 12.0. The Morgan fingerprint density at radius 3 is 3.00 bits per heavy atom. The fraction of sp³-hybridized carbons (Fsp3) is 0.333. The zero-order chi connectivity index (χ0) is 12.3. The molecule has 1 heterocycles. The van der Waals surface area contributed by atoms with Crippen LogP contribution >= 0.6 is 12.2 Å². The van der Waals surface area contributed by atoms with Crippen LogP contribution in [0, 0.1) is 0 Å². The second-order valence-electron chi connectivity index (χ2n) is 3.83. The van der Waals surface area contributed by atoms with Gasteiger partial charge < -0.3 is 15.4 Å². The molecule has 0 atom stereocenters. The molecule has 1 aromatic carbocycles. The van der Waals surface area contributed by atoms with Gasteiger partial charge in [0.05, 0.1) is 23.7 Å². The van der Waals surface area contributed by atoms with Crippen LogP contribution in [0.25, 0.3) is 0 Å². The largest absolute Gasteiger partial charge is 0.491 e. The standard InChI is InChI=1S/C12H14N2O2S/c13-11(17)5-7-14-9-3-1-2-4-10(9)16-8-6-12(14)15/h1-4H,5-8H2,(H2,13,17). The zero-order valence-corrected chi connectivity index (χ0v) is 10.2. The smallest absolute Gasteiger partial charge is 0.230 e. The monoisotopic (exact) mass is 250 g/mol. The number of hydrogen-bond donors (Lipinski definition) is 1. The minimum Gasteiger partial charge on any atom is -0.491 e. The number of thiocarbonyl (C=S) groups is 1. The average Bonchev–Trinajstić information content (AvgIpc) is 2.45. The van der Waals surface area contributed by atoms with E-state index in [-0.39, 0.29) is 5.91 Å². The first-order valence-electron chi connectivity index (χ1n) is 5.49. The Morgan fingerprint density at radius 1 is 1.47 bits per heavy atom. The summed E-state index contributed by atoms with van der Waals surface area (Å²) in [6.07, 6.45) is 0.904. The van der Waals surface area contributed by atoms with E-state index in [1.165, 1.54) is 0 Å². The Balaban J connectivity index is 2.27. The molecule has 0 saturated carbocycles. The van der Waals surface area contributed by atoms with Crippen LogP contribution in [0.3, 0.4) is 0 Å². The van der Waals surface area contributed by atoms with E-state index < -0.39 is 0 Å². The van der Waals surface area contributed by atoms with Gasteiger partial charge in [-0.15, -0.1) is 0 Å². The lowest BCUT2D eigenvalue weighted by Crippen LogP contribution is -2.33. The van der Waals surface area contributed by atoms with Crippen LogP contribution in [-0.2, 0) is 4.79 Å². The lowest BCUT2D eigenvalue weighted by molar-refractivity contribution is -0.118. The predicted molar refractivity (Wildman–Crippen MR) is 70.3 cm³/mol. The SMILES string of the molecule is NC(=S)CCN1C(=O)CCOc2ccccc21. The summed E-state index contributed by atoms with van der Waals surface area (Å²) in [5.74, 6) is 0.785. The summed E-state index contributed by atoms with van der Waals surface area (Å²) in [4.78, 5) is 14.1. The Morgan fingerprint density at radius 2 is 2.24 bits per heavy atom. The Hall–Kier alpha value is -1.62. The molecule has 1 aliphatic rings. The van der Waals surface area contributed by atoms with Crippen molar-refractivity contribution in [2.45, 2.75) is 12.8 Å². The van der Waals surface area contributed by atoms with E-state index in [0.29, 0.717) is 31.0 Å². The predicted octanol–water partition coefficient (Wildman–Crippen LogP) is 1.48. The number of nitrogens with zero attached hydrogens (tertiary/aromatic N) is 1. The van der Waals surface area contributed by atoms with Gasteiger partial charge in [-0.2, -0.15) is 0 Å². The van der Waals surface area contributed by atoms with E-state index in [0.717, 1.165) is 11.4 Å². The summed E-state index contributed by atoms with van der Waals surface area (Å²) in [5.41, 5.74) is 6.27. The van der Waals surface area contributed by atoms with Gasteiger partial charge in [0.25, 0.3) is 0 Å². The van der Waals surface area contributed by atoms with Crippen molar-refractivity contribution < 1.29 is 9.53 Å². The molecule has 2 N–H and O–H groups in total. The van der Waals surface area contributed by atoms with Gasteiger partial charge in [-0.1, -0.05) is 24.4 Å². The first-order valence-corrected chi connectivity index (χ1v) is 5.90. The first-order chi connectivity index (χ1) is 8.18. The molecule has 90 valence electrons. The van der Waals surface area contributed by atoms with Crippen LogP contribution in [0.1, 0.15) is 12.8 Å². The van der Waals surface area contributed by atoms with Crippen molar-refractivity contribution in [3.63, 3.8) is 0 Å². The van der Waals surface area contributed by atoms with Gasteiger partial charge >= 0.3 is 0 Å². The van der Waals surface area contributed by atoms with Gasteiger partial charge in [-0.3, -0.25) is 4.79 Å². The molecule has 2 rings (SSSR count). The number of hydrogen-bond acceptors (Lipinski definition) is 3. The molecule has 0 aliphatic carbocycles. The maximum atomic E-state index is 12.0. The molecule has 1 amide bonds. The molecule has 1 aliphatic heterocycles. The number of benzene rings is 1. The number of nitrogens with two attached hydrogens (primary N) is 1. The molecule has 0 radical (unpaired) electrons. The first kappa shape index (κ1) is 11.9. The number of amides is 1. The minimum atomic E-state index is 0.0474. The van der Waals surface area contributed by atoms with E-state index in [2.05, 4.69) is 0 Å². The summed E-state index contributed by atoms with van der Waals surface area (Å²) in [5, 5.41) is 0. The topological polar surface area (TPSA) is 55.6 Å². The fourth-order valence-corrected chi connectivity index (χ4v) is 1.88. The molecule has 4 nitrogen and oxygen atoms in total. The van der Waals surface area contributed by atoms with Gasteiger partial charge in [-0.05, 0) is 12.1 Å². The van der Waals surface area contributed by atoms with E-state index in [1.54, 1.807) is 4.90 Å². The molecule has 0 unspecified atom stereocenters. The molecule has 1 aromatic rings. The Bertz CT molecular complexity index is 448. The minimum absolute atomic E-state index is 0.0474. The number of fused-ring (bicyclic) bond motifs is 1. The molecular weight excluding hydrogens is 236 g/mol. The van der Waals surface area contributed by atoms with Crippen molar-refractivity contribution in [2.75, 3.05) is 18.1 Å². The number of anilines is 1. The highest BCUT2D eigenvalue weighted by molar-refractivity contribution is 7.80. The van der Waals surface area contributed by atoms with Crippen molar-refractivity contribution in [3.05, 3.63) is 24.3 Å². The molecule has 0 aromatic heterocycles. The summed E-state index contributed by atoms with van der Waals surface area (Å²) in [6.45, 7) is 0.925. The van der Waals surface area contributed by atoms with Gasteiger partial charge in [0.15, 0.2) is 0 Å². The highest BCUT2D eigenvalue weighted by Crippen LogP contribution is 2.30. The highest BCUT2D eigenvalue weighted by Gasteiger charge is 2.22. The molecule has 17 heavy (non-hydrogen) atoms. The third kappa shape index (κ3) is 2.74. The molecule has 0 fully saturated rings. The van der Waals surface area contributed by atoms with Crippen LogP contribution in [0.15, 0.2) is 24.3 Å². The number of carbonyl (C=O) groups is 1. The van der Waals surface area contributed by atoms with Crippen molar-refractivity contribution in [1.82, 2.24) is 0 Å². The van der Waals surface area contributed by atoms with Crippen LogP contribution in [-0.4, -0.2) is 24.0 Å². The van der Waals surface area contributed by atoms with E-state index in [4.69, 9.17) is 22.7 Å². The molecule has 0 saturated heterocycles. The third-order valence-electron chi connectivity index (χ3n) is 2.61. The van der Waals surface area contributed by atoms with Gasteiger partial charge in [0.2, 0.25) is 5.91 Å². The van der Waals surface area contributed by atoms with E-state index in [1.807, 2.05) is 24.3 Å². The highest BCUT2D eigenvalue weighted by atomic mass is 32.1. The van der Waals surface area contributed by atoms with Crippen LogP contribution in [0.4, 0.5) is 5.69 Å². The van der Waals surface area contributed by atoms with Gasteiger partial charge in [0, 0.05) is 13.0 Å². The third-order valence-corrected chi connectivity index (χ3v) is 2.82. The van der Waals surface area contributed by atoms with Gasteiger partial charge in [0.1, 0.15) is 5.75 Å². The lowest BCUT2D eigenvalue weighted by atomic mass is 10.2. The summed E-state index contributed by atoms with van der Waals surface area (Å²) < 4.78 is 5.53. The number of carbonyl (C=O) groups excluding carboxylic acids is 1. The van der Waals surface area contributed by atoms with Gasteiger partial charge in [-0.25, -0.2) is 0 Å². The molecule has 0 bridgehead atoms. The maximum Gasteiger partial charge on any atom is 0.230 e. The Labute approximate surface area is 105 Å². The second-order valence-corrected chi connectivity index (χ2v) is 4.35. The second kappa shape index (κ2) is 5.14. The quantitative estimate of drug-likeness (QED) is 0.826. The summed E-state index contributed by atoms with van der Waals surface area (Å²) in [7, 11) is 0. The van der Waals surface area contributed by atoms with Crippen LogP contribution in [0.2, 0.25) is 0 Å². The van der Waals surface area contributed by atoms with Crippen LogP contribution < -0.4 is 15.4 Å². The Kier molecular flexibility index (Phi) is 3.58. The van der Waals surface area contributed by atoms with Crippen LogP contribution in [0.5, 0.6) is 5.75 Å². The fourth-order valence-electron chi connectivity index (χ4n) is 1.79. The normalized spacial score (nSPS) is 14.8. The molecule has 0 spiro atoms. The molecular formula is C12H14N2O2S. The van der Waals surface area contributed by atoms with Crippen molar-refractivity contribution in [1.29, 1.82) is 0 Å². The summed E-state index contributed by atoms with van der Waals surface area (Å²) in [6, 6.07) is 7.51. The van der Waals surface area contributed by atoms with E-state index in [9.17, 15) is 4.79 Å². The number of ether oxygens (including phenoxy) is 1. The zero-order valence-electron chi connectivity index (χ0n) is 9.39.